The van der Waals surface area contributed by atoms with Crippen molar-refractivity contribution < 1.29 is 17.9 Å². The van der Waals surface area contributed by atoms with E-state index in [1.807, 2.05) is 0 Å². The Morgan fingerprint density at radius 1 is 1.30 bits per heavy atom. The standard InChI is InChI=1S/C14H23F3N2O/c1-13(2)11(10-4-6-20-12(10)13)18-9-3-5-19(7-9)8-14(15,16)17/h9-12,18H,3-8H2,1-2H3/t9-,10+,11-,12+/m1/s1. The van der Waals surface area contributed by atoms with Gasteiger partial charge < -0.3 is 10.1 Å². The number of nitrogens with one attached hydrogen (secondary N) is 1. The third-order valence-electron chi connectivity index (χ3n) is 5.19. The zero-order valence-corrected chi connectivity index (χ0v) is 12.0. The highest BCUT2D eigenvalue weighted by molar-refractivity contribution is 5.12. The van der Waals surface area contributed by atoms with Crippen molar-refractivity contribution in [3.8, 4) is 0 Å². The summed E-state index contributed by atoms with van der Waals surface area (Å²) >= 11 is 0. The monoisotopic (exact) mass is 292 g/mol. The number of nitrogens with zero attached hydrogens (tertiary/aromatic N) is 1. The quantitative estimate of drug-likeness (QED) is 0.861. The summed E-state index contributed by atoms with van der Waals surface area (Å²) in [5.41, 5.74) is 0.0958. The molecule has 0 aromatic rings. The predicted octanol–water partition coefficient (Wildman–Crippen LogP) is 2.03. The molecule has 0 aromatic carbocycles. The van der Waals surface area contributed by atoms with Gasteiger partial charge in [-0.25, -0.2) is 0 Å². The van der Waals surface area contributed by atoms with E-state index in [2.05, 4.69) is 19.2 Å². The maximum absolute atomic E-state index is 12.4. The lowest BCUT2D eigenvalue weighted by molar-refractivity contribution is -0.144. The molecule has 1 N–H and O–H groups in total. The Bertz CT molecular complexity index is 372. The highest BCUT2D eigenvalue weighted by atomic mass is 19.4. The molecule has 0 unspecified atom stereocenters. The van der Waals surface area contributed by atoms with Crippen molar-refractivity contribution >= 4 is 0 Å². The number of alkyl halides is 3. The molecule has 1 saturated carbocycles. The molecule has 0 radical (unpaired) electrons. The maximum Gasteiger partial charge on any atom is 0.401 e. The lowest BCUT2D eigenvalue weighted by Gasteiger charge is -2.55. The Kier molecular flexibility index (Phi) is 3.54. The van der Waals surface area contributed by atoms with Crippen molar-refractivity contribution in [1.82, 2.24) is 10.2 Å². The minimum Gasteiger partial charge on any atom is -0.377 e. The van der Waals surface area contributed by atoms with Crippen LogP contribution in [0.15, 0.2) is 0 Å². The van der Waals surface area contributed by atoms with Crippen LogP contribution in [0.5, 0.6) is 0 Å². The summed E-state index contributed by atoms with van der Waals surface area (Å²) in [4.78, 5) is 1.51. The van der Waals surface area contributed by atoms with Gasteiger partial charge in [0.15, 0.2) is 0 Å². The number of hydrogen-bond donors (Lipinski definition) is 1. The van der Waals surface area contributed by atoms with Gasteiger partial charge in [0.25, 0.3) is 0 Å². The second kappa shape index (κ2) is 4.85. The van der Waals surface area contributed by atoms with E-state index in [0.29, 0.717) is 31.2 Å². The first-order chi connectivity index (χ1) is 9.27. The Morgan fingerprint density at radius 3 is 2.75 bits per heavy atom. The SMILES string of the molecule is CC1(C)[C@H](N[C@@H]2CCN(CC(F)(F)F)C2)[C@@H]2CCO[C@@H]21. The van der Waals surface area contributed by atoms with Crippen LogP contribution in [0.4, 0.5) is 13.2 Å². The summed E-state index contributed by atoms with van der Waals surface area (Å²) < 4.78 is 42.9. The molecular formula is C14H23F3N2O. The minimum atomic E-state index is -4.09. The molecule has 0 spiro atoms. The predicted molar refractivity (Wildman–Crippen MR) is 69.5 cm³/mol. The summed E-state index contributed by atoms with van der Waals surface area (Å²) in [6.07, 6.45) is -1.88. The number of fused-ring (bicyclic) bond motifs is 1. The summed E-state index contributed by atoms with van der Waals surface area (Å²) in [5.74, 6) is 0.543. The first-order valence-corrected chi connectivity index (χ1v) is 7.44. The van der Waals surface area contributed by atoms with Crippen molar-refractivity contribution in [2.45, 2.75) is 51.1 Å². The van der Waals surface area contributed by atoms with E-state index in [1.54, 1.807) is 0 Å². The molecule has 3 fully saturated rings. The molecule has 4 atom stereocenters. The van der Waals surface area contributed by atoms with Gasteiger partial charge in [0, 0.05) is 43.1 Å². The molecule has 1 aliphatic carbocycles. The van der Waals surface area contributed by atoms with E-state index in [4.69, 9.17) is 4.74 Å². The average molecular weight is 292 g/mol. The van der Waals surface area contributed by atoms with Crippen LogP contribution in [0.1, 0.15) is 26.7 Å². The fourth-order valence-electron chi connectivity index (χ4n) is 4.28. The first kappa shape index (κ1) is 14.6. The molecule has 2 aliphatic heterocycles. The molecule has 116 valence electrons. The van der Waals surface area contributed by atoms with E-state index in [9.17, 15) is 13.2 Å². The third-order valence-corrected chi connectivity index (χ3v) is 5.19. The lowest BCUT2D eigenvalue weighted by atomic mass is 9.57. The third kappa shape index (κ3) is 2.57. The Hall–Kier alpha value is -0.330. The number of halogens is 3. The van der Waals surface area contributed by atoms with Gasteiger partial charge in [0.1, 0.15) is 0 Å². The molecule has 0 bridgehead atoms. The van der Waals surface area contributed by atoms with Crippen LogP contribution in [-0.4, -0.2) is 55.5 Å². The van der Waals surface area contributed by atoms with Crippen molar-refractivity contribution in [3.63, 3.8) is 0 Å². The highest BCUT2D eigenvalue weighted by Crippen LogP contribution is 2.52. The highest BCUT2D eigenvalue weighted by Gasteiger charge is 2.59. The Balaban J connectivity index is 1.52. The van der Waals surface area contributed by atoms with E-state index in [-0.39, 0.29) is 11.5 Å². The van der Waals surface area contributed by atoms with Crippen molar-refractivity contribution in [3.05, 3.63) is 0 Å². The molecule has 2 heterocycles. The second-order valence-electron chi connectivity index (χ2n) is 7.05. The summed E-state index contributed by atoms with van der Waals surface area (Å²) in [6, 6.07) is 0.564. The van der Waals surface area contributed by atoms with E-state index in [0.717, 1.165) is 19.4 Å². The first-order valence-electron chi connectivity index (χ1n) is 7.44. The van der Waals surface area contributed by atoms with Crippen LogP contribution >= 0.6 is 0 Å². The van der Waals surface area contributed by atoms with Gasteiger partial charge in [-0.15, -0.1) is 0 Å². The van der Waals surface area contributed by atoms with Crippen molar-refractivity contribution in [2.75, 3.05) is 26.2 Å². The van der Waals surface area contributed by atoms with Gasteiger partial charge in [-0.2, -0.15) is 13.2 Å². The topological polar surface area (TPSA) is 24.5 Å². The Morgan fingerprint density at radius 2 is 2.05 bits per heavy atom. The summed E-state index contributed by atoms with van der Waals surface area (Å²) in [5, 5.41) is 3.60. The lowest BCUT2D eigenvalue weighted by Crippen LogP contribution is -2.67. The molecule has 2 saturated heterocycles. The van der Waals surface area contributed by atoms with Crippen LogP contribution < -0.4 is 5.32 Å². The fraction of sp³-hybridized carbons (Fsp3) is 1.00. The van der Waals surface area contributed by atoms with Gasteiger partial charge in [0.05, 0.1) is 12.6 Å². The number of likely N-dealkylation sites (tertiary alicyclic amines) is 1. The van der Waals surface area contributed by atoms with E-state index >= 15 is 0 Å². The average Bonchev–Trinajstić information content (AvgIpc) is 2.91. The van der Waals surface area contributed by atoms with Gasteiger partial charge in [0.2, 0.25) is 0 Å². The van der Waals surface area contributed by atoms with Gasteiger partial charge in [-0.1, -0.05) is 13.8 Å². The van der Waals surface area contributed by atoms with Gasteiger partial charge in [-0.3, -0.25) is 4.90 Å². The largest absolute Gasteiger partial charge is 0.401 e. The summed E-state index contributed by atoms with van der Waals surface area (Å²) in [6.45, 7) is 5.47. The van der Waals surface area contributed by atoms with Crippen LogP contribution in [0.2, 0.25) is 0 Å². The van der Waals surface area contributed by atoms with Crippen LogP contribution in [0, 0.1) is 11.3 Å². The normalized spacial score (nSPS) is 40.6. The molecule has 0 amide bonds. The number of rotatable bonds is 3. The second-order valence-corrected chi connectivity index (χ2v) is 7.05. The van der Waals surface area contributed by atoms with E-state index in [1.165, 1.54) is 4.90 Å². The minimum absolute atomic E-state index is 0.0958. The Labute approximate surface area is 117 Å². The molecule has 0 aromatic heterocycles. The van der Waals surface area contributed by atoms with Gasteiger partial charge in [-0.05, 0) is 12.8 Å². The molecule has 3 aliphatic rings. The van der Waals surface area contributed by atoms with Crippen LogP contribution in [-0.2, 0) is 4.74 Å². The zero-order chi connectivity index (χ0) is 14.5. The number of ether oxygens (including phenoxy) is 1. The van der Waals surface area contributed by atoms with Gasteiger partial charge >= 0.3 is 6.18 Å². The molecule has 3 rings (SSSR count). The smallest absolute Gasteiger partial charge is 0.377 e. The maximum atomic E-state index is 12.4. The molecule has 6 heteroatoms. The zero-order valence-electron chi connectivity index (χ0n) is 12.0. The van der Waals surface area contributed by atoms with Crippen molar-refractivity contribution in [1.29, 1.82) is 0 Å². The van der Waals surface area contributed by atoms with E-state index < -0.39 is 12.7 Å². The van der Waals surface area contributed by atoms with Crippen LogP contribution in [0.25, 0.3) is 0 Å². The number of hydrogen-bond acceptors (Lipinski definition) is 3. The fourth-order valence-corrected chi connectivity index (χ4v) is 4.28. The van der Waals surface area contributed by atoms with Crippen molar-refractivity contribution in [2.24, 2.45) is 11.3 Å². The molecular weight excluding hydrogens is 269 g/mol. The molecule has 3 nitrogen and oxygen atoms in total. The summed E-state index contributed by atoms with van der Waals surface area (Å²) in [7, 11) is 0. The van der Waals surface area contributed by atoms with Crippen LogP contribution in [0.3, 0.4) is 0 Å². The molecule has 20 heavy (non-hydrogen) atoms.